The number of nitrogens with zero attached hydrogens (tertiary/aromatic N) is 4. The molecule has 2 aliphatic rings. The molecule has 0 unspecified atom stereocenters. The molecule has 0 saturated heterocycles. The van der Waals surface area contributed by atoms with Gasteiger partial charge in [0.25, 0.3) is 5.91 Å². The highest BCUT2D eigenvalue weighted by molar-refractivity contribution is 6.36. The summed E-state index contributed by atoms with van der Waals surface area (Å²) in [6.45, 7) is 2.67. The van der Waals surface area contributed by atoms with Crippen LogP contribution in [0.25, 0.3) is 0 Å². The van der Waals surface area contributed by atoms with Gasteiger partial charge in [0.2, 0.25) is 5.91 Å². The molecule has 1 fully saturated rings. The van der Waals surface area contributed by atoms with E-state index < -0.39 is 0 Å². The van der Waals surface area contributed by atoms with E-state index in [4.69, 9.17) is 27.9 Å². The Morgan fingerprint density at radius 3 is 2.40 bits per heavy atom. The lowest BCUT2D eigenvalue weighted by molar-refractivity contribution is -0.130. The van der Waals surface area contributed by atoms with E-state index in [0.29, 0.717) is 65.9 Å². The highest BCUT2D eigenvalue weighted by Gasteiger charge is 2.37. The van der Waals surface area contributed by atoms with E-state index in [1.807, 2.05) is 54.0 Å². The minimum atomic E-state index is -0.0797. The fraction of sp³-hybridized carbons (Fsp3) is 0.462. The van der Waals surface area contributed by atoms with E-state index in [1.54, 1.807) is 23.1 Å². The molecule has 0 radical (unpaired) electrons. The van der Waals surface area contributed by atoms with Gasteiger partial charge in [-0.05, 0) is 51.2 Å². The smallest absolute Gasteiger partial charge is 0.260 e. The second-order valence-electron chi connectivity index (χ2n) is 9.40. The van der Waals surface area contributed by atoms with Crippen molar-refractivity contribution >= 4 is 40.7 Å². The minimum absolute atomic E-state index is 0.0257. The van der Waals surface area contributed by atoms with Gasteiger partial charge in [-0.15, -0.1) is 0 Å². The van der Waals surface area contributed by atoms with E-state index in [9.17, 15) is 9.59 Å². The summed E-state index contributed by atoms with van der Waals surface area (Å²) in [7, 11) is 5.77. The van der Waals surface area contributed by atoms with Crippen LogP contribution in [-0.4, -0.2) is 86.5 Å². The fourth-order valence-electron chi connectivity index (χ4n) is 4.28. The molecular weight excluding hydrogens is 487 g/mol. The summed E-state index contributed by atoms with van der Waals surface area (Å²) < 4.78 is 5.92. The van der Waals surface area contributed by atoms with Crippen molar-refractivity contribution in [3.63, 3.8) is 0 Å². The van der Waals surface area contributed by atoms with Crippen molar-refractivity contribution in [2.24, 2.45) is 0 Å². The summed E-state index contributed by atoms with van der Waals surface area (Å²) >= 11 is 12.8. The van der Waals surface area contributed by atoms with E-state index >= 15 is 0 Å². The number of halogens is 2. The number of amides is 2. The Morgan fingerprint density at radius 1 is 1.06 bits per heavy atom. The van der Waals surface area contributed by atoms with Crippen LogP contribution in [0.1, 0.15) is 28.8 Å². The third-order valence-electron chi connectivity index (χ3n) is 6.42. The first-order chi connectivity index (χ1) is 16.8. The zero-order valence-electron chi connectivity index (χ0n) is 20.5. The van der Waals surface area contributed by atoms with Crippen LogP contribution in [0.2, 0.25) is 10.0 Å². The highest BCUT2D eigenvalue weighted by Crippen LogP contribution is 2.36. The van der Waals surface area contributed by atoms with E-state index in [-0.39, 0.29) is 18.4 Å². The van der Waals surface area contributed by atoms with Crippen LogP contribution in [-0.2, 0) is 11.3 Å². The Balaban J connectivity index is 1.56. The van der Waals surface area contributed by atoms with Crippen LogP contribution in [0.15, 0.2) is 36.4 Å². The molecule has 0 spiro atoms. The molecule has 9 heteroatoms. The first kappa shape index (κ1) is 25.6. The predicted octanol–water partition coefficient (Wildman–Crippen LogP) is 4.02. The zero-order chi connectivity index (χ0) is 25.1. The molecule has 0 N–H and O–H groups in total. The summed E-state index contributed by atoms with van der Waals surface area (Å²) in [5.74, 6) is 0.466. The molecule has 2 amide bonds. The van der Waals surface area contributed by atoms with Gasteiger partial charge in [0.1, 0.15) is 17.9 Å². The maximum absolute atomic E-state index is 13.5. The van der Waals surface area contributed by atoms with Crippen molar-refractivity contribution in [2.75, 3.05) is 58.8 Å². The van der Waals surface area contributed by atoms with Gasteiger partial charge in [0.05, 0.1) is 18.8 Å². The standard InChI is InChI=1S/C26H32Cl2N4O3/c1-29(2)12-13-31(16-19-20(27)6-4-7-21(19)28)24(33)17-30(3)22-8-5-9-23-25(22)26(34)32(14-15-35-23)18-10-11-18/h4-9,18H,10-17H2,1-3H3. The Kier molecular flexibility index (Phi) is 8.09. The maximum Gasteiger partial charge on any atom is 0.260 e. The summed E-state index contributed by atoms with van der Waals surface area (Å²) in [6, 6.07) is 11.2. The van der Waals surface area contributed by atoms with Crippen molar-refractivity contribution in [2.45, 2.75) is 25.4 Å². The van der Waals surface area contributed by atoms with Gasteiger partial charge < -0.3 is 24.3 Å². The van der Waals surface area contributed by atoms with Gasteiger partial charge in [-0.3, -0.25) is 9.59 Å². The number of rotatable bonds is 9. The van der Waals surface area contributed by atoms with Crippen molar-refractivity contribution in [3.8, 4) is 5.75 Å². The molecule has 1 aliphatic carbocycles. The summed E-state index contributed by atoms with van der Waals surface area (Å²) in [4.78, 5) is 34.5. The molecule has 0 aromatic heterocycles. The first-order valence-corrected chi connectivity index (χ1v) is 12.6. The molecule has 2 aromatic rings. The van der Waals surface area contributed by atoms with Crippen LogP contribution in [0.4, 0.5) is 5.69 Å². The molecule has 4 rings (SSSR count). The zero-order valence-corrected chi connectivity index (χ0v) is 22.0. The number of hydrogen-bond acceptors (Lipinski definition) is 5. The molecule has 35 heavy (non-hydrogen) atoms. The quantitative estimate of drug-likeness (QED) is 0.501. The number of ether oxygens (including phenoxy) is 1. The molecular formula is C26H32Cl2N4O3. The minimum Gasteiger partial charge on any atom is -0.491 e. The SMILES string of the molecule is CN(C)CCN(Cc1c(Cl)cccc1Cl)C(=O)CN(C)c1cccc2c1C(=O)N(C1CC1)CCO2. The van der Waals surface area contributed by atoms with Gasteiger partial charge in [-0.2, -0.15) is 0 Å². The Labute approximate surface area is 217 Å². The summed E-state index contributed by atoms with van der Waals surface area (Å²) in [5.41, 5.74) is 1.95. The van der Waals surface area contributed by atoms with Crippen LogP contribution >= 0.6 is 23.2 Å². The molecule has 0 atom stereocenters. The molecule has 1 saturated carbocycles. The topological polar surface area (TPSA) is 56.3 Å². The van der Waals surface area contributed by atoms with Crippen molar-refractivity contribution in [3.05, 3.63) is 57.6 Å². The molecule has 7 nitrogen and oxygen atoms in total. The third-order valence-corrected chi connectivity index (χ3v) is 7.13. The van der Waals surface area contributed by atoms with Gasteiger partial charge in [-0.25, -0.2) is 0 Å². The number of carbonyl (C=O) groups is 2. The number of anilines is 1. The molecule has 2 aromatic carbocycles. The summed E-state index contributed by atoms with van der Waals surface area (Å²) in [5, 5.41) is 1.06. The van der Waals surface area contributed by atoms with Gasteiger partial charge >= 0.3 is 0 Å². The first-order valence-electron chi connectivity index (χ1n) is 11.9. The normalized spacial score (nSPS) is 15.5. The largest absolute Gasteiger partial charge is 0.491 e. The van der Waals surface area contributed by atoms with Gasteiger partial charge in [0.15, 0.2) is 0 Å². The second-order valence-corrected chi connectivity index (χ2v) is 10.2. The predicted molar refractivity (Wildman–Crippen MR) is 140 cm³/mol. The van der Waals surface area contributed by atoms with Crippen LogP contribution in [0.5, 0.6) is 5.75 Å². The lowest BCUT2D eigenvalue weighted by atomic mass is 10.1. The highest BCUT2D eigenvalue weighted by atomic mass is 35.5. The Hall–Kier alpha value is -2.48. The van der Waals surface area contributed by atoms with Crippen LogP contribution < -0.4 is 9.64 Å². The van der Waals surface area contributed by atoms with Crippen molar-refractivity contribution in [1.29, 1.82) is 0 Å². The second kappa shape index (κ2) is 11.1. The molecule has 0 bridgehead atoms. The molecule has 1 aliphatic heterocycles. The number of likely N-dealkylation sites (N-methyl/N-ethyl adjacent to an activating group) is 2. The van der Waals surface area contributed by atoms with Crippen LogP contribution in [0.3, 0.4) is 0 Å². The van der Waals surface area contributed by atoms with Crippen molar-refractivity contribution < 1.29 is 14.3 Å². The van der Waals surface area contributed by atoms with E-state index in [1.165, 1.54) is 0 Å². The lowest BCUT2D eigenvalue weighted by Gasteiger charge is -2.29. The Morgan fingerprint density at radius 2 is 1.74 bits per heavy atom. The number of hydrogen-bond donors (Lipinski definition) is 0. The molecule has 1 heterocycles. The number of fused-ring (bicyclic) bond motifs is 1. The van der Waals surface area contributed by atoms with Gasteiger partial charge in [-0.1, -0.05) is 35.3 Å². The summed E-state index contributed by atoms with van der Waals surface area (Å²) in [6.07, 6.45) is 2.06. The average Bonchev–Trinajstić information content (AvgIpc) is 3.66. The van der Waals surface area contributed by atoms with Gasteiger partial charge in [0, 0.05) is 48.3 Å². The lowest BCUT2D eigenvalue weighted by Crippen LogP contribution is -2.42. The number of benzene rings is 2. The van der Waals surface area contributed by atoms with Crippen molar-refractivity contribution in [1.82, 2.24) is 14.7 Å². The molecule has 188 valence electrons. The number of carbonyl (C=O) groups excluding carboxylic acids is 2. The fourth-order valence-corrected chi connectivity index (χ4v) is 4.80. The monoisotopic (exact) mass is 518 g/mol. The average molecular weight is 519 g/mol. The van der Waals surface area contributed by atoms with E-state index in [2.05, 4.69) is 0 Å². The Bertz CT molecular complexity index is 1070. The maximum atomic E-state index is 13.5. The third kappa shape index (κ3) is 6.02. The van der Waals surface area contributed by atoms with E-state index in [0.717, 1.165) is 18.4 Å². The van der Waals surface area contributed by atoms with Crippen LogP contribution in [0, 0.1) is 0 Å².